The first-order valence-corrected chi connectivity index (χ1v) is 6.17. The molecule has 0 radical (unpaired) electrons. The first kappa shape index (κ1) is 15.7. The molecule has 0 saturated heterocycles. The second-order valence-corrected chi connectivity index (χ2v) is 4.36. The third-order valence-electron chi connectivity index (χ3n) is 2.82. The summed E-state index contributed by atoms with van der Waals surface area (Å²) < 4.78 is 1.69. The summed E-state index contributed by atoms with van der Waals surface area (Å²) in [6, 6.07) is -0.603. The lowest BCUT2D eigenvalue weighted by Gasteiger charge is -2.06. The maximum Gasteiger partial charge on any atom is 0.321 e. The SMILES string of the molecule is Cc1c(CNC(=O)NC(=O)CCCC(=O)O)cnn1C. The molecule has 1 rings (SSSR count). The molecule has 0 fully saturated rings. The summed E-state index contributed by atoms with van der Waals surface area (Å²) in [5, 5.41) is 17.1. The van der Waals surface area contributed by atoms with Gasteiger partial charge in [-0.05, 0) is 13.3 Å². The number of carboxylic acid groups (broad SMARTS) is 1. The third-order valence-corrected chi connectivity index (χ3v) is 2.82. The lowest BCUT2D eigenvalue weighted by molar-refractivity contribution is -0.137. The van der Waals surface area contributed by atoms with E-state index >= 15 is 0 Å². The number of carbonyl (C=O) groups is 3. The Bertz CT molecular complexity index is 510. The number of hydrogen-bond acceptors (Lipinski definition) is 4. The zero-order chi connectivity index (χ0) is 15.1. The van der Waals surface area contributed by atoms with Crippen molar-refractivity contribution >= 4 is 17.9 Å². The summed E-state index contributed by atoms with van der Waals surface area (Å²) in [5.74, 6) is -1.46. The van der Waals surface area contributed by atoms with Crippen LogP contribution < -0.4 is 10.6 Å². The van der Waals surface area contributed by atoms with Crippen LogP contribution in [0, 0.1) is 6.92 Å². The van der Waals surface area contributed by atoms with Crippen molar-refractivity contribution in [1.29, 1.82) is 0 Å². The number of carbonyl (C=O) groups excluding carboxylic acids is 2. The van der Waals surface area contributed by atoms with Crippen LogP contribution in [0.4, 0.5) is 4.79 Å². The molecule has 8 heteroatoms. The molecule has 110 valence electrons. The van der Waals surface area contributed by atoms with E-state index in [0.29, 0.717) is 0 Å². The van der Waals surface area contributed by atoms with Crippen molar-refractivity contribution in [2.24, 2.45) is 7.05 Å². The van der Waals surface area contributed by atoms with Crippen molar-refractivity contribution < 1.29 is 19.5 Å². The average molecular weight is 282 g/mol. The van der Waals surface area contributed by atoms with E-state index in [1.54, 1.807) is 17.9 Å². The predicted molar refractivity (Wildman–Crippen MR) is 69.8 cm³/mol. The Morgan fingerprint density at radius 2 is 2.05 bits per heavy atom. The molecule has 3 amide bonds. The lowest BCUT2D eigenvalue weighted by atomic mass is 10.2. The maximum absolute atomic E-state index is 11.5. The molecule has 0 bridgehead atoms. The largest absolute Gasteiger partial charge is 0.481 e. The van der Waals surface area contributed by atoms with E-state index in [0.717, 1.165) is 11.3 Å². The normalized spacial score (nSPS) is 10.1. The summed E-state index contributed by atoms with van der Waals surface area (Å²) in [7, 11) is 1.80. The van der Waals surface area contributed by atoms with Gasteiger partial charge in [-0.15, -0.1) is 0 Å². The highest BCUT2D eigenvalue weighted by atomic mass is 16.4. The minimum atomic E-state index is -0.964. The second-order valence-electron chi connectivity index (χ2n) is 4.36. The van der Waals surface area contributed by atoms with E-state index in [-0.39, 0.29) is 25.8 Å². The third kappa shape index (κ3) is 5.09. The highest BCUT2D eigenvalue weighted by Crippen LogP contribution is 2.04. The van der Waals surface area contributed by atoms with Gasteiger partial charge in [0.1, 0.15) is 0 Å². The van der Waals surface area contributed by atoms with Gasteiger partial charge in [-0.3, -0.25) is 19.6 Å². The highest BCUT2D eigenvalue weighted by molar-refractivity contribution is 5.94. The number of amides is 3. The van der Waals surface area contributed by atoms with Crippen LogP contribution in [0.1, 0.15) is 30.5 Å². The Morgan fingerprint density at radius 1 is 1.35 bits per heavy atom. The van der Waals surface area contributed by atoms with Crippen LogP contribution in [0.2, 0.25) is 0 Å². The van der Waals surface area contributed by atoms with Gasteiger partial charge in [-0.2, -0.15) is 5.10 Å². The van der Waals surface area contributed by atoms with Gasteiger partial charge in [0.25, 0.3) is 0 Å². The molecular formula is C12H18N4O4. The Kier molecular flexibility index (Phi) is 5.70. The molecule has 0 spiro atoms. The molecule has 0 unspecified atom stereocenters. The van der Waals surface area contributed by atoms with Gasteiger partial charge in [-0.25, -0.2) is 4.79 Å². The number of nitrogens with zero attached hydrogens (tertiary/aromatic N) is 2. The summed E-state index contributed by atoms with van der Waals surface area (Å²) in [4.78, 5) is 33.1. The van der Waals surface area contributed by atoms with Crippen molar-refractivity contribution in [2.75, 3.05) is 0 Å². The topological polar surface area (TPSA) is 113 Å². The number of aliphatic carboxylic acids is 1. The van der Waals surface area contributed by atoms with Gasteiger partial charge in [0, 0.05) is 37.7 Å². The first-order valence-electron chi connectivity index (χ1n) is 6.17. The minimum Gasteiger partial charge on any atom is -0.481 e. The quantitative estimate of drug-likeness (QED) is 0.695. The number of hydrogen-bond donors (Lipinski definition) is 3. The zero-order valence-corrected chi connectivity index (χ0v) is 11.5. The van der Waals surface area contributed by atoms with Crippen molar-refractivity contribution in [2.45, 2.75) is 32.7 Å². The number of rotatable bonds is 6. The molecule has 0 aliphatic carbocycles. The lowest BCUT2D eigenvalue weighted by Crippen LogP contribution is -2.39. The minimum absolute atomic E-state index is 0.00560. The van der Waals surface area contributed by atoms with Crippen molar-refractivity contribution in [3.63, 3.8) is 0 Å². The van der Waals surface area contributed by atoms with Gasteiger partial charge < -0.3 is 10.4 Å². The van der Waals surface area contributed by atoms with Crippen LogP contribution >= 0.6 is 0 Å². The highest BCUT2D eigenvalue weighted by Gasteiger charge is 2.09. The van der Waals surface area contributed by atoms with Gasteiger partial charge in [0.15, 0.2) is 0 Å². The van der Waals surface area contributed by atoms with E-state index in [2.05, 4.69) is 15.7 Å². The summed E-state index contributed by atoms with van der Waals surface area (Å²) in [6.45, 7) is 2.15. The Balaban J connectivity index is 2.28. The first-order chi connectivity index (χ1) is 9.40. The van der Waals surface area contributed by atoms with E-state index in [1.807, 2.05) is 6.92 Å². The molecule has 8 nitrogen and oxygen atoms in total. The predicted octanol–water partition coefficient (Wildman–Crippen LogP) is 0.309. The molecule has 1 heterocycles. The molecule has 1 aromatic heterocycles. The van der Waals surface area contributed by atoms with Crippen LogP contribution in [0.15, 0.2) is 6.20 Å². The van der Waals surface area contributed by atoms with Crippen LogP contribution in [0.5, 0.6) is 0 Å². The fraction of sp³-hybridized carbons (Fsp3) is 0.500. The Hall–Kier alpha value is -2.38. The molecular weight excluding hydrogens is 264 g/mol. The number of nitrogens with one attached hydrogen (secondary N) is 2. The second kappa shape index (κ2) is 7.27. The maximum atomic E-state index is 11.5. The van der Waals surface area contributed by atoms with Gasteiger partial charge in [0.05, 0.1) is 6.20 Å². The van der Waals surface area contributed by atoms with Crippen LogP contribution in [-0.2, 0) is 23.2 Å². The monoisotopic (exact) mass is 282 g/mol. The molecule has 3 N–H and O–H groups in total. The fourth-order valence-electron chi connectivity index (χ4n) is 1.53. The molecule has 0 aromatic carbocycles. The molecule has 1 aromatic rings. The van der Waals surface area contributed by atoms with Crippen LogP contribution in [-0.4, -0.2) is 32.8 Å². The van der Waals surface area contributed by atoms with Gasteiger partial charge in [0.2, 0.25) is 5.91 Å². The van der Waals surface area contributed by atoms with Crippen LogP contribution in [0.3, 0.4) is 0 Å². The smallest absolute Gasteiger partial charge is 0.321 e. The average Bonchev–Trinajstić information content (AvgIpc) is 2.67. The number of aryl methyl sites for hydroxylation is 1. The fourth-order valence-corrected chi connectivity index (χ4v) is 1.53. The number of imide groups is 1. The molecule has 0 aliphatic rings. The van der Waals surface area contributed by atoms with Crippen molar-refractivity contribution in [1.82, 2.24) is 20.4 Å². The van der Waals surface area contributed by atoms with E-state index in [4.69, 9.17) is 5.11 Å². The van der Waals surface area contributed by atoms with Crippen molar-refractivity contribution in [3.05, 3.63) is 17.5 Å². The standard InChI is InChI=1S/C12H18N4O4/c1-8-9(7-14-16(8)2)6-13-12(20)15-10(17)4-3-5-11(18)19/h7H,3-6H2,1-2H3,(H,18,19)(H2,13,15,17,20). The Labute approximate surface area is 116 Å². The van der Waals surface area contributed by atoms with E-state index in [9.17, 15) is 14.4 Å². The van der Waals surface area contributed by atoms with E-state index < -0.39 is 17.9 Å². The molecule has 0 saturated carbocycles. The summed E-state index contributed by atoms with van der Waals surface area (Å²) >= 11 is 0. The number of carboxylic acids is 1. The van der Waals surface area contributed by atoms with Gasteiger partial charge in [-0.1, -0.05) is 0 Å². The van der Waals surface area contributed by atoms with E-state index in [1.165, 1.54) is 0 Å². The molecule has 0 aliphatic heterocycles. The number of urea groups is 1. The van der Waals surface area contributed by atoms with Crippen molar-refractivity contribution in [3.8, 4) is 0 Å². The molecule has 20 heavy (non-hydrogen) atoms. The Morgan fingerprint density at radius 3 is 2.60 bits per heavy atom. The van der Waals surface area contributed by atoms with Gasteiger partial charge >= 0.3 is 12.0 Å². The summed E-state index contributed by atoms with van der Waals surface area (Å²) in [6.07, 6.45) is 1.76. The zero-order valence-electron chi connectivity index (χ0n) is 11.5. The number of aromatic nitrogens is 2. The summed E-state index contributed by atoms with van der Waals surface area (Å²) in [5.41, 5.74) is 1.79. The molecule has 0 atom stereocenters. The van der Waals surface area contributed by atoms with Crippen LogP contribution in [0.25, 0.3) is 0 Å².